The van der Waals surface area contributed by atoms with Gasteiger partial charge in [-0.1, -0.05) is 48.5 Å². The van der Waals surface area contributed by atoms with Crippen molar-refractivity contribution in [2.45, 2.75) is 6.61 Å². The van der Waals surface area contributed by atoms with Gasteiger partial charge in [0.1, 0.15) is 12.4 Å². The standard InChI is InChI=1S/C19H17NO2/c1-21-17-10-5-9-16(13-17)18-11-6-12-19(20-18)22-14-15-7-3-2-4-8-15/h2-13H,14H2,1H3. The van der Waals surface area contributed by atoms with Crippen molar-refractivity contribution in [1.82, 2.24) is 4.98 Å². The van der Waals surface area contributed by atoms with Gasteiger partial charge >= 0.3 is 0 Å². The molecule has 0 saturated heterocycles. The second kappa shape index (κ2) is 6.76. The average Bonchev–Trinajstić information content (AvgIpc) is 2.61. The lowest BCUT2D eigenvalue weighted by Crippen LogP contribution is -1.97. The highest BCUT2D eigenvalue weighted by Crippen LogP contribution is 2.24. The van der Waals surface area contributed by atoms with Crippen molar-refractivity contribution in [3.63, 3.8) is 0 Å². The van der Waals surface area contributed by atoms with E-state index in [1.165, 1.54) is 0 Å². The first-order valence-corrected chi connectivity index (χ1v) is 7.13. The van der Waals surface area contributed by atoms with Crippen molar-refractivity contribution >= 4 is 0 Å². The smallest absolute Gasteiger partial charge is 0.214 e. The van der Waals surface area contributed by atoms with E-state index in [-0.39, 0.29) is 0 Å². The Morgan fingerprint density at radius 1 is 0.864 bits per heavy atom. The molecule has 0 spiro atoms. The minimum atomic E-state index is 0.509. The molecule has 3 heteroatoms. The van der Waals surface area contributed by atoms with Crippen molar-refractivity contribution in [3.8, 4) is 22.9 Å². The lowest BCUT2D eigenvalue weighted by Gasteiger charge is -2.08. The van der Waals surface area contributed by atoms with Crippen molar-refractivity contribution < 1.29 is 9.47 Å². The maximum absolute atomic E-state index is 5.77. The fourth-order valence-electron chi connectivity index (χ4n) is 2.17. The second-order valence-corrected chi connectivity index (χ2v) is 4.87. The summed E-state index contributed by atoms with van der Waals surface area (Å²) in [6, 6.07) is 23.7. The van der Waals surface area contributed by atoms with Crippen LogP contribution in [0.3, 0.4) is 0 Å². The average molecular weight is 291 g/mol. The molecule has 0 saturated carbocycles. The van der Waals surface area contributed by atoms with Crippen LogP contribution in [0.15, 0.2) is 72.8 Å². The third kappa shape index (κ3) is 3.44. The molecule has 2 aromatic carbocycles. The van der Waals surface area contributed by atoms with E-state index >= 15 is 0 Å². The van der Waals surface area contributed by atoms with Crippen LogP contribution in [0.5, 0.6) is 11.6 Å². The summed E-state index contributed by atoms with van der Waals surface area (Å²) in [6.07, 6.45) is 0. The summed E-state index contributed by atoms with van der Waals surface area (Å²) in [5, 5.41) is 0. The van der Waals surface area contributed by atoms with Crippen LogP contribution in [0.2, 0.25) is 0 Å². The molecule has 3 aromatic rings. The van der Waals surface area contributed by atoms with E-state index in [0.29, 0.717) is 12.5 Å². The summed E-state index contributed by atoms with van der Waals surface area (Å²) < 4.78 is 11.0. The Labute approximate surface area is 130 Å². The van der Waals surface area contributed by atoms with Crippen LogP contribution in [-0.4, -0.2) is 12.1 Å². The van der Waals surface area contributed by atoms with Crippen molar-refractivity contribution in [1.29, 1.82) is 0 Å². The molecule has 3 rings (SSSR count). The first kappa shape index (κ1) is 14.1. The van der Waals surface area contributed by atoms with E-state index in [2.05, 4.69) is 4.98 Å². The number of ether oxygens (including phenoxy) is 2. The first-order chi connectivity index (χ1) is 10.8. The molecule has 0 aliphatic rings. The summed E-state index contributed by atoms with van der Waals surface area (Å²) in [7, 11) is 1.66. The maximum Gasteiger partial charge on any atom is 0.214 e. The van der Waals surface area contributed by atoms with Crippen LogP contribution in [0.1, 0.15) is 5.56 Å². The molecule has 3 nitrogen and oxygen atoms in total. The van der Waals surface area contributed by atoms with Gasteiger partial charge in [0.2, 0.25) is 5.88 Å². The normalized spacial score (nSPS) is 10.2. The van der Waals surface area contributed by atoms with Crippen LogP contribution >= 0.6 is 0 Å². The Hall–Kier alpha value is -2.81. The van der Waals surface area contributed by atoms with Gasteiger partial charge in [-0.05, 0) is 23.8 Å². The largest absolute Gasteiger partial charge is 0.497 e. The molecule has 0 bridgehead atoms. The Balaban J connectivity index is 1.77. The zero-order chi connectivity index (χ0) is 15.2. The van der Waals surface area contributed by atoms with Gasteiger partial charge in [-0.3, -0.25) is 0 Å². The number of methoxy groups -OCH3 is 1. The van der Waals surface area contributed by atoms with Gasteiger partial charge in [-0.2, -0.15) is 0 Å². The third-order valence-electron chi connectivity index (χ3n) is 3.32. The molecule has 0 radical (unpaired) electrons. The van der Waals surface area contributed by atoms with Crippen LogP contribution < -0.4 is 9.47 Å². The van der Waals surface area contributed by atoms with Gasteiger partial charge in [0, 0.05) is 11.6 Å². The number of nitrogens with zero attached hydrogens (tertiary/aromatic N) is 1. The number of hydrogen-bond acceptors (Lipinski definition) is 3. The van der Waals surface area contributed by atoms with E-state index in [9.17, 15) is 0 Å². The number of rotatable bonds is 5. The molecule has 110 valence electrons. The van der Waals surface area contributed by atoms with Crippen LogP contribution in [-0.2, 0) is 6.61 Å². The van der Waals surface area contributed by atoms with Gasteiger partial charge in [0.05, 0.1) is 12.8 Å². The Morgan fingerprint density at radius 3 is 2.50 bits per heavy atom. The fraction of sp³-hybridized carbons (Fsp3) is 0.105. The van der Waals surface area contributed by atoms with Gasteiger partial charge in [-0.15, -0.1) is 0 Å². The third-order valence-corrected chi connectivity index (χ3v) is 3.32. The van der Waals surface area contributed by atoms with Crippen LogP contribution in [0, 0.1) is 0 Å². The Bertz CT molecular complexity index is 741. The van der Waals surface area contributed by atoms with E-state index in [0.717, 1.165) is 22.6 Å². The molecule has 1 heterocycles. The molecule has 0 N–H and O–H groups in total. The molecular formula is C19H17NO2. The van der Waals surface area contributed by atoms with Crippen molar-refractivity contribution in [3.05, 3.63) is 78.4 Å². The lowest BCUT2D eigenvalue weighted by atomic mass is 10.1. The summed E-state index contributed by atoms with van der Waals surface area (Å²) in [5.41, 5.74) is 2.99. The van der Waals surface area contributed by atoms with Gasteiger partial charge in [-0.25, -0.2) is 4.98 Å². The molecule has 0 amide bonds. The summed E-state index contributed by atoms with van der Waals surface area (Å²) in [5.74, 6) is 1.43. The monoisotopic (exact) mass is 291 g/mol. The fourth-order valence-corrected chi connectivity index (χ4v) is 2.17. The number of hydrogen-bond donors (Lipinski definition) is 0. The van der Waals surface area contributed by atoms with Gasteiger partial charge < -0.3 is 9.47 Å². The topological polar surface area (TPSA) is 31.4 Å². The number of pyridine rings is 1. The molecular weight excluding hydrogens is 274 g/mol. The highest BCUT2D eigenvalue weighted by Gasteiger charge is 2.03. The summed E-state index contributed by atoms with van der Waals surface area (Å²) in [6.45, 7) is 0.509. The highest BCUT2D eigenvalue weighted by atomic mass is 16.5. The zero-order valence-electron chi connectivity index (χ0n) is 12.4. The van der Waals surface area contributed by atoms with E-state index in [1.54, 1.807) is 7.11 Å². The molecule has 1 aromatic heterocycles. The highest BCUT2D eigenvalue weighted by molar-refractivity contribution is 5.61. The molecule has 0 unspecified atom stereocenters. The summed E-state index contributed by atoms with van der Waals surface area (Å²) in [4.78, 5) is 4.56. The predicted octanol–water partition coefficient (Wildman–Crippen LogP) is 4.34. The Morgan fingerprint density at radius 2 is 1.68 bits per heavy atom. The van der Waals surface area contributed by atoms with Crippen molar-refractivity contribution in [2.24, 2.45) is 0 Å². The zero-order valence-corrected chi connectivity index (χ0v) is 12.4. The van der Waals surface area contributed by atoms with E-state index < -0.39 is 0 Å². The predicted molar refractivity (Wildman–Crippen MR) is 87.0 cm³/mol. The summed E-state index contributed by atoms with van der Waals surface area (Å²) >= 11 is 0. The van der Waals surface area contributed by atoms with Gasteiger partial charge in [0.25, 0.3) is 0 Å². The Kier molecular flexibility index (Phi) is 4.35. The second-order valence-electron chi connectivity index (χ2n) is 4.87. The quantitative estimate of drug-likeness (QED) is 0.701. The number of aromatic nitrogens is 1. The maximum atomic E-state index is 5.77. The minimum absolute atomic E-state index is 0.509. The SMILES string of the molecule is COc1cccc(-c2cccc(OCc3ccccc3)n2)c1. The molecule has 0 aliphatic carbocycles. The van der Waals surface area contributed by atoms with Gasteiger partial charge in [0.15, 0.2) is 0 Å². The molecule has 22 heavy (non-hydrogen) atoms. The molecule has 0 fully saturated rings. The molecule has 0 atom stereocenters. The van der Waals surface area contributed by atoms with E-state index in [1.807, 2.05) is 72.8 Å². The van der Waals surface area contributed by atoms with E-state index in [4.69, 9.17) is 9.47 Å². The molecule has 0 aliphatic heterocycles. The number of benzene rings is 2. The van der Waals surface area contributed by atoms with Crippen LogP contribution in [0.4, 0.5) is 0 Å². The first-order valence-electron chi connectivity index (χ1n) is 7.13. The van der Waals surface area contributed by atoms with Crippen molar-refractivity contribution in [2.75, 3.05) is 7.11 Å². The van der Waals surface area contributed by atoms with Crippen LogP contribution in [0.25, 0.3) is 11.3 Å². The minimum Gasteiger partial charge on any atom is -0.497 e. The lowest BCUT2D eigenvalue weighted by molar-refractivity contribution is 0.294.